The van der Waals surface area contributed by atoms with Gasteiger partial charge in [-0.05, 0) is 75.3 Å². The van der Waals surface area contributed by atoms with Gasteiger partial charge in [0.15, 0.2) is 0 Å². The van der Waals surface area contributed by atoms with Gasteiger partial charge in [0, 0.05) is 28.2 Å². The van der Waals surface area contributed by atoms with Crippen LogP contribution in [0.3, 0.4) is 0 Å². The molecule has 1 spiro atoms. The molecule has 1 fully saturated rings. The number of fused-ring (bicyclic) bond motifs is 2. The number of methoxy groups -OCH3 is 1. The lowest BCUT2D eigenvalue weighted by Gasteiger charge is -2.37. The highest BCUT2D eigenvalue weighted by Crippen LogP contribution is 2.57. The second-order valence-electron chi connectivity index (χ2n) is 11.9. The number of nitrogens with two attached hydrogens (primary N) is 1. The van der Waals surface area contributed by atoms with E-state index in [0.29, 0.717) is 28.4 Å². The maximum atomic E-state index is 16.0. The largest absolute Gasteiger partial charge is 0.495 e. The van der Waals surface area contributed by atoms with E-state index in [1.54, 1.807) is 36.4 Å². The smallest absolute Gasteiger partial charge is 0.248 e. The Labute approximate surface area is 256 Å². The van der Waals surface area contributed by atoms with Crippen LogP contribution in [-0.4, -0.2) is 36.9 Å². The topological polar surface area (TPSA) is 123 Å². The highest BCUT2D eigenvalue weighted by atomic mass is 79.9. The SMILES string of the molecule is COc1cc(C(N)=O)ccc1NC(=O)C1NC(CC(C)(C)C)C2(C(=O)Nc3cc(Cl)ccc32)C1c1cccc(Br)c1F. The molecule has 42 heavy (non-hydrogen) atoms. The van der Waals surface area contributed by atoms with Crippen molar-refractivity contribution < 1.29 is 23.5 Å². The molecule has 2 aliphatic rings. The van der Waals surface area contributed by atoms with Gasteiger partial charge in [-0.15, -0.1) is 0 Å². The first-order valence-corrected chi connectivity index (χ1v) is 14.5. The van der Waals surface area contributed by atoms with Crippen molar-refractivity contribution in [3.8, 4) is 5.75 Å². The highest BCUT2D eigenvalue weighted by Gasteiger charge is 2.66. The van der Waals surface area contributed by atoms with Crippen LogP contribution in [0, 0.1) is 11.2 Å². The molecular formula is C31H31BrClFN4O4. The molecule has 0 radical (unpaired) electrons. The Balaban J connectivity index is 1.70. The number of anilines is 2. The molecule has 4 unspecified atom stereocenters. The highest BCUT2D eigenvalue weighted by molar-refractivity contribution is 9.10. The number of benzene rings is 3. The van der Waals surface area contributed by atoms with Crippen molar-refractivity contribution in [2.45, 2.75) is 50.6 Å². The van der Waals surface area contributed by atoms with Gasteiger partial charge >= 0.3 is 0 Å². The van der Waals surface area contributed by atoms with Gasteiger partial charge in [-0.1, -0.05) is 50.6 Å². The minimum absolute atomic E-state index is 0.208. The van der Waals surface area contributed by atoms with Gasteiger partial charge < -0.3 is 26.4 Å². The molecule has 0 saturated carbocycles. The molecule has 8 nitrogen and oxygen atoms in total. The lowest BCUT2D eigenvalue weighted by atomic mass is 9.62. The van der Waals surface area contributed by atoms with Gasteiger partial charge in [-0.3, -0.25) is 14.4 Å². The first-order valence-electron chi connectivity index (χ1n) is 13.4. The maximum Gasteiger partial charge on any atom is 0.248 e. The molecule has 5 rings (SSSR count). The lowest BCUT2D eigenvalue weighted by molar-refractivity contribution is -0.122. The summed E-state index contributed by atoms with van der Waals surface area (Å²) in [5.41, 5.74) is 5.68. The third-order valence-corrected chi connectivity index (χ3v) is 8.81. The fraction of sp³-hybridized carbons (Fsp3) is 0.323. The van der Waals surface area contributed by atoms with Crippen LogP contribution in [0.25, 0.3) is 0 Å². The Morgan fingerprint density at radius 1 is 1.17 bits per heavy atom. The normalized spacial score (nSPS) is 23.0. The third kappa shape index (κ3) is 5.05. The number of rotatable bonds is 6. The van der Waals surface area contributed by atoms with Gasteiger partial charge in [0.2, 0.25) is 17.7 Å². The Hall–Kier alpha value is -3.47. The summed E-state index contributed by atoms with van der Waals surface area (Å²) in [5, 5.41) is 9.73. The van der Waals surface area contributed by atoms with E-state index < -0.39 is 41.0 Å². The lowest BCUT2D eigenvalue weighted by Crippen LogP contribution is -2.49. The van der Waals surface area contributed by atoms with E-state index in [4.69, 9.17) is 22.1 Å². The zero-order chi connectivity index (χ0) is 30.6. The first-order chi connectivity index (χ1) is 19.8. The summed E-state index contributed by atoms with van der Waals surface area (Å²) in [6.07, 6.45) is 0.495. The van der Waals surface area contributed by atoms with Crippen LogP contribution in [0.2, 0.25) is 5.02 Å². The van der Waals surface area contributed by atoms with Crippen LogP contribution in [0.1, 0.15) is 54.6 Å². The standard InChI is InChI=1S/C31H31BrClFN4O4/c1-30(2,3)14-23-31(18-10-9-16(33)13-21(18)37-29(31)41)24(17-6-5-7-19(32)25(17)34)26(38-23)28(40)36-20-11-8-15(27(35)39)12-22(20)42-4/h5-13,23-24,26,38H,14H2,1-4H3,(H2,35,39)(H,36,40)(H,37,41). The molecule has 11 heteroatoms. The molecule has 5 N–H and O–H groups in total. The number of carbonyl (C=O) groups excluding carboxylic acids is 3. The maximum absolute atomic E-state index is 16.0. The van der Waals surface area contributed by atoms with E-state index >= 15 is 4.39 Å². The van der Waals surface area contributed by atoms with Crippen molar-refractivity contribution in [1.29, 1.82) is 0 Å². The van der Waals surface area contributed by atoms with Crippen molar-refractivity contribution in [3.05, 3.63) is 86.6 Å². The van der Waals surface area contributed by atoms with E-state index in [1.807, 2.05) is 20.8 Å². The average Bonchev–Trinajstić information content (AvgIpc) is 3.39. The van der Waals surface area contributed by atoms with Crippen LogP contribution in [-0.2, 0) is 15.0 Å². The van der Waals surface area contributed by atoms with Crippen molar-refractivity contribution >= 4 is 56.6 Å². The van der Waals surface area contributed by atoms with Crippen molar-refractivity contribution in [3.63, 3.8) is 0 Å². The van der Waals surface area contributed by atoms with Crippen molar-refractivity contribution in [1.82, 2.24) is 5.32 Å². The molecule has 3 aromatic rings. The van der Waals surface area contributed by atoms with E-state index in [1.165, 1.54) is 25.3 Å². The monoisotopic (exact) mass is 656 g/mol. The molecular weight excluding hydrogens is 627 g/mol. The summed E-state index contributed by atoms with van der Waals surface area (Å²) in [4.78, 5) is 40.1. The van der Waals surface area contributed by atoms with Crippen LogP contribution >= 0.6 is 27.5 Å². The quantitative estimate of drug-likeness (QED) is 0.270. The first kappa shape index (κ1) is 30.0. The van der Waals surface area contributed by atoms with E-state index in [9.17, 15) is 14.4 Å². The van der Waals surface area contributed by atoms with Crippen LogP contribution in [0.15, 0.2) is 59.1 Å². The number of amides is 3. The van der Waals surface area contributed by atoms with E-state index in [-0.39, 0.29) is 32.7 Å². The fourth-order valence-electron chi connectivity index (χ4n) is 6.31. The Morgan fingerprint density at radius 2 is 1.90 bits per heavy atom. The van der Waals surface area contributed by atoms with E-state index in [2.05, 4.69) is 31.9 Å². The number of carbonyl (C=O) groups is 3. The Kier molecular flexibility index (Phi) is 7.85. The van der Waals surface area contributed by atoms with Gasteiger partial charge in [-0.2, -0.15) is 0 Å². The molecule has 2 aliphatic heterocycles. The van der Waals surface area contributed by atoms with Crippen molar-refractivity contribution in [2.24, 2.45) is 11.1 Å². The predicted octanol–water partition coefficient (Wildman–Crippen LogP) is 5.74. The zero-order valence-corrected chi connectivity index (χ0v) is 25.8. The average molecular weight is 658 g/mol. The molecule has 2 heterocycles. The summed E-state index contributed by atoms with van der Waals surface area (Å²) < 4.78 is 21.6. The minimum Gasteiger partial charge on any atom is -0.495 e. The van der Waals surface area contributed by atoms with Gasteiger partial charge in [0.05, 0.1) is 23.3 Å². The number of nitrogens with one attached hydrogen (secondary N) is 3. The number of primary amides is 1. The second kappa shape index (κ2) is 11.0. The summed E-state index contributed by atoms with van der Waals surface area (Å²) in [6, 6.07) is 12.8. The van der Waals surface area contributed by atoms with Gasteiger partial charge in [0.25, 0.3) is 0 Å². The molecule has 0 bridgehead atoms. The molecule has 3 aromatic carbocycles. The summed E-state index contributed by atoms with van der Waals surface area (Å²) >= 11 is 9.59. The molecule has 3 amide bonds. The van der Waals surface area contributed by atoms with Crippen LogP contribution in [0.4, 0.5) is 15.8 Å². The number of hydrogen-bond acceptors (Lipinski definition) is 5. The Morgan fingerprint density at radius 3 is 2.57 bits per heavy atom. The van der Waals surface area contributed by atoms with Crippen LogP contribution in [0.5, 0.6) is 5.75 Å². The van der Waals surface area contributed by atoms with Crippen LogP contribution < -0.4 is 26.4 Å². The van der Waals surface area contributed by atoms with E-state index in [0.717, 1.165) is 0 Å². The number of hydrogen-bond donors (Lipinski definition) is 4. The fourth-order valence-corrected chi connectivity index (χ4v) is 6.86. The summed E-state index contributed by atoms with van der Waals surface area (Å²) in [5.74, 6) is -2.79. The number of halogens is 3. The van der Waals surface area contributed by atoms with Crippen molar-refractivity contribution in [2.75, 3.05) is 17.7 Å². The second-order valence-corrected chi connectivity index (χ2v) is 13.2. The third-order valence-electron chi connectivity index (χ3n) is 7.96. The van der Waals surface area contributed by atoms with Gasteiger partial charge in [-0.25, -0.2) is 4.39 Å². The zero-order valence-electron chi connectivity index (χ0n) is 23.5. The Bertz CT molecular complexity index is 1610. The minimum atomic E-state index is -1.35. The summed E-state index contributed by atoms with van der Waals surface area (Å²) in [7, 11) is 1.41. The summed E-state index contributed by atoms with van der Waals surface area (Å²) in [6.45, 7) is 6.14. The molecule has 0 aliphatic carbocycles. The predicted molar refractivity (Wildman–Crippen MR) is 164 cm³/mol. The molecule has 220 valence electrons. The molecule has 4 atom stereocenters. The van der Waals surface area contributed by atoms with Gasteiger partial charge in [0.1, 0.15) is 17.0 Å². The molecule has 0 aromatic heterocycles. The molecule has 1 saturated heterocycles. The number of ether oxygens (including phenoxy) is 1.